The minimum Gasteiger partial charge on any atom is -0.468 e. The first-order chi connectivity index (χ1) is 6.31. The molecule has 0 aromatic heterocycles. The third-order valence-electron chi connectivity index (χ3n) is 2.05. The highest BCUT2D eigenvalue weighted by Gasteiger charge is 2.28. The molecule has 0 bridgehead atoms. The second-order valence-electron chi connectivity index (χ2n) is 3.71. The molecule has 0 N–H and O–H groups in total. The van der Waals surface area contributed by atoms with Crippen LogP contribution in [0.1, 0.15) is 27.2 Å². The molecule has 0 heterocycles. The predicted octanol–water partition coefficient (Wildman–Crippen LogP) is 1.01. The Labute approximate surface area is 85.6 Å². The number of sulfone groups is 1. The van der Waals surface area contributed by atoms with Crippen LogP contribution in [0, 0.1) is 5.92 Å². The SMILES string of the molecule is COC(=O)C(C)S(=O)(=O)CCC(C)C. The number of carbonyl (C=O) groups is 1. The van der Waals surface area contributed by atoms with E-state index in [4.69, 9.17) is 0 Å². The first-order valence-electron chi connectivity index (χ1n) is 4.60. The van der Waals surface area contributed by atoms with Gasteiger partial charge in [0, 0.05) is 0 Å². The van der Waals surface area contributed by atoms with Crippen LogP contribution in [0.15, 0.2) is 0 Å². The van der Waals surface area contributed by atoms with Crippen LogP contribution in [0.2, 0.25) is 0 Å². The van der Waals surface area contributed by atoms with E-state index in [0.29, 0.717) is 12.3 Å². The van der Waals surface area contributed by atoms with Gasteiger partial charge < -0.3 is 4.74 Å². The summed E-state index contributed by atoms with van der Waals surface area (Å²) in [6.45, 7) is 5.25. The Kier molecular flexibility index (Phi) is 5.12. The van der Waals surface area contributed by atoms with E-state index in [2.05, 4.69) is 4.74 Å². The molecule has 5 heteroatoms. The molecule has 1 unspecified atom stereocenters. The average molecular weight is 222 g/mol. The van der Waals surface area contributed by atoms with Gasteiger partial charge in [-0.2, -0.15) is 0 Å². The molecular formula is C9H18O4S. The van der Waals surface area contributed by atoms with Gasteiger partial charge in [-0.05, 0) is 19.3 Å². The fraction of sp³-hybridized carbons (Fsp3) is 0.889. The van der Waals surface area contributed by atoms with E-state index in [1.54, 1.807) is 0 Å². The van der Waals surface area contributed by atoms with Crippen LogP contribution in [-0.2, 0) is 19.4 Å². The highest BCUT2D eigenvalue weighted by atomic mass is 32.2. The Bertz CT molecular complexity index is 279. The Morgan fingerprint density at radius 1 is 1.29 bits per heavy atom. The smallest absolute Gasteiger partial charge is 0.323 e. The van der Waals surface area contributed by atoms with Gasteiger partial charge >= 0.3 is 5.97 Å². The Hall–Kier alpha value is -0.580. The van der Waals surface area contributed by atoms with Gasteiger partial charge in [-0.3, -0.25) is 4.79 Å². The molecule has 0 saturated carbocycles. The van der Waals surface area contributed by atoms with Gasteiger partial charge in [-0.25, -0.2) is 8.42 Å². The van der Waals surface area contributed by atoms with Gasteiger partial charge in [-0.15, -0.1) is 0 Å². The number of esters is 1. The third kappa shape index (κ3) is 4.09. The average Bonchev–Trinajstić information content (AvgIpc) is 2.12. The lowest BCUT2D eigenvalue weighted by Crippen LogP contribution is -2.30. The zero-order valence-electron chi connectivity index (χ0n) is 9.11. The lowest BCUT2D eigenvalue weighted by atomic mass is 10.2. The summed E-state index contributed by atoms with van der Waals surface area (Å²) < 4.78 is 27.5. The number of ether oxygens (including phenoxy) is 1. The number of hydrogen-bond donors (Lipinski definition) is 0. The van der Waals surface area contributed by atoms with Crippen LogP contribution in [0.4, 0.5) is 0 Å². The summed E-state index contributed by atoms with van der Waals surface area (Å²) in [4.78, 5) is 11.0. The number of hydrogen-bond acceptors (Lipinski definition) is 4. The second kappa shape index (κ2) is 5.34. The van der Waals surface area contributed by atoms with Crippen LogP contribution in [-0.4, -0.2) is 32.5 Å². The monoisotopic (exact) mass is 222 g/mol. The molecule has 0 saturated heterocycles. The summed E-state index contributed by atoms with van der Waals surface area (Å²) in [7, 11) is -2.15. The van der Waals surface area contributed by atoms with E-state index >= 15 is 0 Å². The van der Waals surface area contributed by atoms with E-state index in [9.17, 15) is 13.2 Å². The lowest BCUT2D eigenvalue weighted by Gasteiger charge is -2.11. The topological polar surface area (TPSA) is 60.4 Å². The molecule has 0 rings (SSSR count). The number of methoxy groups -OCH3 is 1. The molecule has 0 aliphatic rings. The summed E-state index contributed by atoms with van der Waals surface area (Å²) in [6, 6.07) is 0. The molecule has 1 atom stereocenters. The Morgan fingerprint density at radius 2 is 1.79 bits per heavy atom. The normalized spacial score (nSPS) is 14.1. The van der Waals surface area contributed by atoms with Gasteiger partial charge in [-0.1, -0.05) is 13.8 Å². The Balaban J connectivity index is 4.39. The summed E-state index contributed by atoms with van der Waals surface area (Å²) >= 11 is 0. The standard InChI is InChI=1S/C9H18O4S/c1-7(2)5-6-14(11,12)8(3)9(10)13-4/h7-8H,5-6H2,1-4H3. The van der Waals surface area contributed by atoms with Crippen LogP contribution >= 0.6 is 0 Å². The van der Waals surface area contributed by atoms with Crippen molar-refractivity contribution in [1.82, 2.24) is 0 Å². The van der Waals surface area contributed by atoms with Crippen LogP contribution in [0.25, 0.3) is 0 Å². The summed E-state index contributed by atoms with van der Waals surface area (Å²) in [5, 5.41) is -1.05. The minimum absolute atomic E-state index is 0.0426. The van der Waals surface area contributed by atoms with Crippen LogP contribution in [0.5, 0.6) is 0 Å². The van der Waals surface area contributed by atoms with E-state index in [-0.39, 0.29) is 5.75 Å². The molecule has 0 radical (unpaired) electrons. The van der Waals surface area contributed by atoms with E-state index in [1.165, 1.54) is 14.0 Å². The lowest BCUT2D eigenvalue weighted by molar-refractivity contribution is -0.139. The molecule has 0 aromatic rings. The van der Waals surface area contributed by atoms with Gasteiger partial charge in [0.2, 0.25) is 0 Å². The maximum absolute atomic E-state index is 11.5. The van der Waals surface area contributed by atoms with Gasteiger partial charge in [0.1, 0.15) is 0 Å². The van der Waals surface area contributed by atoms with Gasteiger partial charge in [0.15, 0.2) is 15.1 Å². The predicted molar refractivity (Wildman–Crippen MR) is 54.7 cm³/mol. The van der Waals surface area contributed by atoms with Crippen LogP contribution in [0.3, 0.4) is 0 Å². The molecule has 4 nitrogen and oxygen atoms in total. The molecule has 0 amide bonds. The molecule has 0 spiro atoms. The molecule has 0 aromatic carbocycles. The number of carbonyl (C=O) groups excluding carboxylic acids is 1. The summed E-state index contributed by atoms with van der Waals surface area (Å²) in [5.41, 5.74) is 0. The van der Waals surface area contributed by atoms with Crippen molar-refractivity contribution in [2.24, 2.45) is 5.92 Å². The molecular weight excluding hydrogens is 204 g/mol. The third-order valence-corrected chi connectivity index (χ3v) is 4.13. The molecule has 0 aliphatic carbocycles. The highest BCUT2D eigenvalue weighted by Crippen LogP contribution is 2.09. The zero-order valence-corrected chi connectivity index (χ0v) is 9.93. The molecule has 84 valence electrons. The summed E-state index contributed by atoms with van der Waals surface area (Å²) in [6.07, 6.45) is 0.573. The second-order valence-corrected chi connectivity index (χ2v) is 6.16. The minimum atomic E-state index is -3.34. The van der Waals surface area contributed by atoms with Crippen molar-refractivity contribution in [1.29, 1.82) is 0 Å². The van der Waals surface area contributed by atoms with Crippen molar-refractivity contribution in [2.45, 2.75) is 32.4 Å². The van der Waals surface area contributed by atoms with E-state index < -0.39 is 21.1 Å². The van der Waals surface area contributed by atoms with Crippen molar-refractivity contribution in [3.8, 4) is 0 Å². The fourth-order valence-electron chi connectivity index (χ4n) is 0.889. The molecule has 0 aliphatic heterocycles. The molecule has 14 heavy (non-hydrogen) atoms. The highest BCUT2D eigenvalue weighted by molar-refractivity contribution is 7.92. The first kappa shape index (κ1) is 13.4. The van der Waals surface area contributed by atoms with Crippen LogP contribution < -0.4 is 0 Å². The van der Waals surface area contributed by atoms with Crippen molar-refractivity contribution >= 4 is 15.8 Å². The van der Waals surface area contributed by atoms with Gasteiger partial charge in [0.05, 0.1) is 12.9 Å². The maximum atomic E-state index is 11.5. The van der Waals surface area contributed by atoms with Crippen molar-refractivity contribution in [3.05, 3.63) is 0 Å². The molecule has 0 fully saturated rings. The van der Waals surface area contributed by atoms with E-state index in [0.717, 1.165) is 0 Å². The van der Waals surface area contributed by atoms with Gasteiger partial charge in [0.25, 0.3) is 0 Å². The van der Waals surface area contributed by atoms with E-state index in [1.807, 2.05) is 13.8 Å². The first-order valence-corrected chi connectivity index (χ1v) is 6.32. The zero-order chi connectivity index (χ0) is 11.4. The largest absolute Gasteiger partial charge is 0.468 e. The number of rotatable bonds is 5. The summed E-state index contributed by atoms with van der Waals surface area (Å²) in [5.74, 6) is -0.329. The maximum Gasteiger partial charge on any atom is 0.323 e. The van der Waals surface area contributed by atoms with Crippen molar-refractivity contribution in [3.63, 3.8) is 0 Å². The van der Waals surface area contributed by atoms with Crippen molar-refractivity contribution in [2.75, 3.05) is 12.9 Å². The Morgan fingerprint density at radius 3 is 2.14 bits per heavy atom. The van der Waals surface area contributed by atoms with Crippen molar-refractivity contribution < 1.29 is 17.9 Å². The fourth-order valence-corrected chi connectivity index (χ4v) is 2.43. The quantitative estimate of drug-likeness (QED) is 0.651.